The van der Waals surface area contributed by atoms with Gasteiger partial charge in [0.15, 0.2) is 0 Å². The molecule has 0 aromatic carbocycles. The number of carbonyl (C=O) groups excluding carboxylic acids is 3. The van der Waals surface area contributed by atoms with E-state index in [0.29, 0.717) is 11.4 Å². The third kappa shape index (κ3) is 8.39. The van der Waals surface area contributed by atoms with Crippen molar-refractivity contribution in [1.82, 2.24) is 20.6 Å². The second-order valence-electron chi connectivity index (χ2n) is 6.13. The summed E-state index contributed by atoms with van der Waals surface area (Å²) in [5.41, 5.74) is 11.3. The highest BCUT2D eigenvalue weighted by molar-refractivity contribution is 7.98. The van der Waals surface area contributed by atoms with Crippen LogP contribution >= 0.6 is 11.8 Å². The minimum absolute atomic E-state index is 0.0163. The van der Waals surface area contributed by atoms with E-state index in [-0.39, 0.29) is 25.7 Å². The van der Waals surface area contributed by atoms with E-state index in [4.69, 9.17) is 11.5 Å². The number of hydrogen-bond donors (Lipinski definition) is 6. The van der Waals surface area contributed by atoms with Crippen LogP contribution < -0.4 is 22.1 Å². The van der Waals surface area contributed by atoms with Gasteiger partial charge < -0.3 is 32.2 Å². The van der Waals surface area contributed by atoms with Crippen LogP contribution in [0.2, 0.25) is 0 Å². The topological polar surface area (TPSA) is 193 Å². The van der Waals surface area contributed by atoms with Crippen LogP contribution in [-0.2, 0) is 25.6 Å². The molecule has 11 nitrogen and oxygen atoms in total. The maximum Gasteiger partial charge on any atom is 0.326 e. The number of carboxylic acids is 1. The molecule has 0 aliphatic rings. The highest BCUT2D eigenvalue weighted by Gasteiger charge is 2.28. The number of carbonyl (C=O) groups is 4. The number of amides is 3. The van der Waals surface area contributed by atoms with Gasteiger partial charge in [0, 0.05) is 24.7 Å². The summed E-state index contributed by atoms with van der Waals surface area (Å²) in [5.74, 6) is -2.47. The zero-order valence-corrected chi connectivity index (χ0v) is 16.3. The summed E-state index contributed by atoms with van der Waals surface area (Å²) in [5, 5.41) is 14.3. The summed E-state index contributed by atoms with van der Waals surface area (Å²) in [6, 6.07) is -3.15. The minimum Gasteiger partial charge on any atom is -0.480 e. The lowest BCUT2D eigenvalue weighted by Gasteiger charge is -2.22. The Hall–Kier alpha value is -2.60. The van der Waals surface area contributed by atoms with Gasteiger partial charge in [-0.15, -0.1) is 0 Å². The molecule has 28 heavy (non-hydrogen) atoms. The fourth-order valence-electron chi connectivity index (χ4n) is 2.30. The van der Waals surface area contributed by atoms with E-state index in [2.05, 4.69) is 20.6 Å². The molecule has 3 atom stereocenters. The number of thioether (sulfide) groups is 1. The molecule has 8 N–H and O–H groups in total. The van der Waals surface area contributed by atoms with Gasteiger partial charge in [-0.05, 0) is 24.9 Å². The van der Waals surface area contributed by atoms with E-state index in [1.807, 2.05) is 6.26 Å². The Bertz CT molecular complexity index is 668. The van der Waals surface area contributed by atoms with Gasteiger partial charge in [-0.1, -0.05) is 0 Å². The molecule has 0 fully saturated rings. The van der Waals surface area contributed by atoms with Crippen molar-refractivity contribution in [2.24, 2.45) is 11.5 Å². The Morgan fingerprint density at radius 2 is 1.89 bits per heavy atom. The monoisotopic (exact) mass is 414 g/mol. The Balaban J connectivity index is 2.74. The average Bonchev–Trinajstić information content (AvgIpc) is 3.15. The molecule has 1 aromatic heterocycles. The summed E-state index contributed by atoms with van der Waals surface area (Å²) < 4.78 is 0. The number of H-pyrrole nitrogens is 1. The molecule has 0 saturated carbocycles. The Kier molecular flexibility index (Phi) is 10.0. The largest absolute Gasteiger partial charge is 0.480 e. The number of aromatic nitrogens is 2. The van der Waals surface area contributed by atoms with Crippen molar-refractivity contribution in [3.8, 4) is 0 Å². The normalized spacial score (nSPS) is 13.9. The van der Waals surface area contributed by atoms with E-state index in [9.17, 15) is 24.3 Å². The Labute approximate surface area is 166 Å². The summed E-state index contributed by atoms with van der Waals surface area (Å²) in [4.78, 5) is 53.7. The number of aliphatic carboxylic acids is 1. The van der Waals surface area contributed by atoms with Crippen LogP contribution in [0.3, 0.4) is 0 Å². The molecule has 0 unspecified atom stereocenters. The zero-order valence-electron chi connectivity index (χ0n) is 15.5. The summed E-state index contributed by atoms with van der Waals surface area (Å²) in [7, 11) is 0. The molecule has 0 aliphatic heterocycles. The number of nitrogens with one attached hydrogen (secondary N) is 3. The van der Waals surface area contributed by atoms with E-state index < -0.39 is 41.8 Å². The van der Waals surface area contributed by atoms with Gasteiger partial charge >= 0.3 is 5.97 Å². The number of aromatic amines is 1. The maximum absolute atomic E-state index is 12.6. The number of hydrogen-bond acceptors (Lipinski definition) is 7. The van der Waals surface area contributed by atoms with Crippen LogP contribution in [0.4, 0.5) is 0 Å². The summed E-state index contributed by atoms with van der Waals surface area (Å²) >= 11 is 1.47. The molecule has 0 radical (unpaired) electrons. The van der Waals surface area contributed by atoms with Crippen LogP contribution in [0.15, 0.2) is 12.5 Å². The quantitative estimate of drug-likeness (QED) is 0.221. The van der Waals surface area contributed by atoms with Crippen molar-refractivity contribution in [2.45, 2.75) is 43.8 Å². The van der Waals surface area contributed by atoms with Crippen LogP contribution in [0, 0.1) is 0 Å². The average molecular weight is 414 g/mol. The van der Waals surface area contributed by atoms with Crippen molar-refractivity contribution >= 4 is 35.5 Å². The van der Waals surface area contributed by atoms with Crippen LogP contribution in [-0.4, -0.2) is 68.9 Å². The van der Waals surface area contributed by atoms with E-state index in [0.717, 1.165) is 0 Å². The zero-order chi connectivity index (χ0) is 21.1. The van der Waals surface area contributed by atoms with Crippen LogP contribution in [0.5, 0.6) is 0 Å². The SMILES string of the molecule is CSCC[C@H](NC(=O)[C@@H](N)CCC(N)=O)C(=O)N[C@@H](Cc1cnc[nH]1)C(=O)O. The first-order chi connectivity index (χ1) is 13.2. The molecular weight excluding hydrogens is 388 g/mol. The predicted octanol–water partition coefficient (Wildman–Crippen LogP) is -1.65. The summed E-state index contributed by atoms with van der Waals surface area (Å²) in [6.07, 6.45) is 5.02. The first-order valence-corrected chi connectivity index (χ1v) is 9.97. The van der Waals surface area contributed by atoms with Crippen molar-refractivity contribution < 1.29 is 24.3 Å². The number of nitrogens with two attached hydrogens (primary N) is 2. The predicted molar refractivity (Wildman–Crippen MR) is 103 cm³/mol. The van der Waals surface area contributed by atoms with Crippen molar-refractivity contribution in [1.29, 1.82) is 0 Å². The number of rotatable bonds is 13. The number of carboxylic acid groups (broad SMARTS) is 1. The third-order valence-corrected chi connectivity index (χ3v) is 4.52. The maximum atomic E-state index is 12.6. The van der Waals surface area contributed by atoms with Crippen molar-refractivity contribution in [2.75, 3.05) is 12.0 Å². The van der Waals surface area contributed by atoms with Gasteiger partial charge in [0.05, 0.1) is 12.4 Å². The van der Waals surface area contributed by atoms with Gasteiger partial charge in [0.1, 0.15) is 12.1 Å². The van der Waals surface area contributed by atoms with E-state index in [1.54, 1.807) is 0 Å². The lowest BCUT2D eigenvalue weighted by Crippen LogP contribution is -2.55. The van der Waals surface area contributed by atoms with Crippen LogP contribution in [0.25, 0.3) is 0 Å². The Morgan fingerprint density at radius 3 is 2.43 bits per heavy atom. The fourth-order valence-corrected chi connectivity index (χ4v) is 2.77. The highest BCUT2D eigenvalue weighted by atomic mass is 32.2. The molecule has 12 heteroatoms. The van der Waals surface area contributed by atoms with Gasteiger partial charge in [-0.25, -0.2) is 9.78 Å². The van der Waals surface area contributed by atoms with Crippen molar-refractivity contribution in [3.63, 3.8) is 0 Å². The second kappa shape index (κ2) is 12.0. The number of primary amides is 1. The molecule has 1 rings (SSSR count). The van der Waals surface area contributed by atoms with E-state index >= 15 is 0 Å². The lowest BCUT2D eigenvalue weighted by molar-refractivity contribution is -0.142. The number of nitrogens with zero attached hydrogens (tertiary/aromatic N) is 1. The van der Waals surface area contributed by atoms with Gasteiger partial charge in [-0.3, -0.25) is 14.4 Å². The van der Waals surface area contributed by atoms with Gasteiger partial charge in [-0.2, -0.15) is 11.8 Å². The van der Waals surface area contributed by atoms with E-state index in [1.165, 1.54) is 24.3 Å². The summed E-state index contributed by atoms with van der Waals surface area (Å²) in [6.45, 7) is 0. The molecule has 0 spiro atoms. The molecule has 156 valence electrons. The minimum atomic E-state index is -1.21. The first-order valence-electron chi connectivity index (χ1n) is 8.58. The molecule has 0 aliphatic carbocycles. The molecule has 1 aromatic rings. The molecule has 0 saturated heterocycles. The smallest absolute Gasteiger partial charge is 0.326 e. The molecule has 1 heterocycles. The molecule has 0 bridgehead atoms. The van der Waals surface area contributed by atoms with Crippen LogP contribution in [0.1, 0.15) is 25.0 Å². The highest BCUT2D eigenvalue weighted by Crippen LogP contribution is 2.05. The second-order valence-corrected chi connectivity index (χ2v) is 7.12. The third-order valence-electron chi connectivity index (χ3n) is 3.88. The van der Waals surface area contributed by atoms with Crippen molar-refractivity contribution in [3.05, 3.63) is 18.2 Å². The standard InChI is InChI=1S/C16H26N6O5S/c1-28-5-4-11(21-14(24)10(17)2-3-13(18)23)15(25)22-12(16(26)27)6-9-7-19-8-20-9/h7-8,10-12H,2-6,17H2,1H3,(H2,18,23)(H,19,20)(H,21,24)(H,22,25)(H,26,27)/t10-,11-,12-/m0/s1. The van der Waals surface area contributed by atoms with Gasteiger partial charge in [0.25, 0.3) is 0 Å². The Morgan fingerprint density at radius 1 is 1.21 bits per heavy atom. The lowest BCUT2D eigenvalue weighted by atomic mass is 10.1. The van der Waals surface area contributed by atoms with Gasteiger partial charge in [0.2, 0.25) is 17.7 Å². The first kappa shape index (κ1) is 23.4. The molecular formula is C16H26N6O5S. The number of imidazole rings is 1. The molecule has 3 amide bonds. The fraction of sp³-hybridized carbons (Fsp3) is 0.562.